The molecule has 1 aromatic heterocycles. The Hall–Kier alpha value is -2.63. The molecule has 0 saturated carbocycles. The van der Waals surface area contributed by atoms with E-state index in [4.69, 9.17) is 5.73 Å². The summed E-state index contributed by atoms with van der Waals surface area (Å²) in [5.41, 5.74) is 9.44. The van der Waals surface area contributed by atoms with E-state index in [9.17, 15) is 4.79 Å². The van der Waals surface area contributed by atoms with Gasteiger partial charge in [-0.05, 0) is 31.0 Å². The van der Waals surface area contributed by atoms with E-state index in [1.807, 2.05) is 31.2 Å². The number of nitrogens with two attached hydrogens (primary N) is 1. The Balaban J connectivity index is 1.70. The van der Waals surface area contributed by atoms with Gasteiger partial charge in [-0.3, -0.25) is 0 Å². The number of rotatable bonds is 1. The van der Waals surface area contributed by atoms with Gasteiger partial charge in [-0.2, -0.15) is 0 Å². The van der Waals surface area contributed by atoms with E-state index in [2.05, 4.69) is 15.3 Å². The van der Waals surface area contributed by atoms with E-state index >= 15 is 0 Å². The van der Waals surface area contributed by atoms with Crippen molar-refractivity contribution in [2.75, 3.05) is 17.6 Å². The minimum atomic E-state index is -0.123. The molecule has 0 saturated heterocycles. The number of fused-ring (bicyclic) bond motifs is 1. The van der Waals surface area contributed by atoms with E-state index in [1.165, 1.54) is 0 Å². The maximum absolute atomic E-state index is 12.3. The zero-order valence-corrected chi connectivity index (χ0v) is 11.8. The van der Waals surface area contributed by atoms with Crippen LogP contribution in [-0.2, 0) is 13.0 Å². The third-order valence-electron chi connectivity index (χ3n) is 3.55. The fraction of sp³-hybridized carbons (Fsp3) is 0.267. The van der Waals surface area contributed by atoms with Crippen molar-refractivity contribution in [3.05, 3.63) is 47.3 Å². The van der Waals surface area contributed by atoms with Crippen molar-refractivity contribution in [3.8, 4) is 0 Å². The molecule has 6 heteroatoms. The average molecular weight is 283 g/mol. The van der Waals surface area contributed by atoms with Crippen LogP contribution in [0.15, 0.2) is 30.5 Å². The SMILES string of the molecule is Cc1ccc(NC(=O)N2CCc3cnc(N)nc3C2)cc1. The van der Waals surface area contributed by atoms with Gasteiger partial charge in [0.05, 0.1) is 12.2 Å². The molecule has 0 radical (unpaired) electrons. The Morgan fingerprint density at radius 2 is 2.10 bits per heavy atom. The average Bonchev–Trinajstić information content (AvgIpc) is 2.48. The summed E-state index contributed by atoms with van der Waals surface area (Å²) < 4.78 is 0. The number of hydrogen-bond acceptors (Lipinski definition) is 4. The Bertz CT molecular complexity index is 668. The second kappa shape index (κ2) is 5.40. The molecular formula is C15H17N5O. The van der Waals surface area contributed by atoms with Crippen molar-refractivity contribution in [1.82, 2.24) is 14.9 Å². The minimum absolute atomic E-state index is 0.123. The molecule has 2 aromatic rings. The number of carbonyl (C=O) groups is 1. The van der Waals surface area contributed by atoms with E-state index in [0.717, 1.165) is 28.9 Å². The first-order chi connectivity index (χ1) is 10.1. The standard InChI is InChI=1S/C15H17N5O/c1-10-2-4-12(5-3-10)18-15(21)20-7-6-11-8-17-14(16)19-13(11)9-20/h2-5,8H,6-7,9H2,1H3,(H,18,21)(H2,16,17,19). The van der Waals surface area contributed by atoms with Gasteiger partial charge in [0.15, 0.2) is 0 Å². The maximum atomic E-state index is 12.3. The number of nitrogens with zero attached hydrogens (tertiary/aromatic N) is 3. The summed E-state index contributed by atoms with van der Waals surface area (Å²) in [5, 5.41) is 2.90. The van der Waals surface area contributed by atoms with E-state index in [1.54, 1.807) is 11.1 Å². The van der Waals surface area contributed by atoms with Gasteiger partial charge in [0.25, 0.3) is 0 Å². The van der Waals surface area contributed by atoms with Gasteiger partial charge in [0, 0.05) is 18.4 Å². The smallest absolute Gasteiger partial charge is 0.322 e. The summed E-state index contributed by atoms with van der Waals surface area (Å²) >= 11 is 0. The minimum Gasteiger partial charge on any atom is -0.368 e. The van der Waals surface area contributed by atoms with Crippen LogP contribution < -0.4 is 11.1 Å². The van der Waals surface area contributed by atoms with Gasteiger partial charge in [0.1, 0.15) is 0 Å². The van der Waals surface area contributed by atoms with Gasteiger partial charge in [-0.15, -0.1) is 0 Å². The highest BCUT2D eigenvalue weighted by Crippen LogP contribution is 2.18. The first-order valence-electron chi connectivity index (χ1n) is 6.85. The summed E-state index contributed by atoms with van der Waals surface area (Å²) in [4.78, 5) is 22.2. The van der Waals surface area contributed by atoms with Crippen molar-refractivity contribution in [2.45, 2.75) is 19.9 Å². The molecule has 0 atom stereocenters. The number of aromatic nitrogens is 2. The monoisotopic (exact) mass is 283 g/mol. The number of urea groups is 1. The Kier molecular flexibility index (Phi) is 3.43. The van der Waals surface area contributed by atoms with Gasteiger partial charge in [0.2, 0.25) is 5.95 Å². The van der Waals surface area contributed by atoms with Crippen molar-refractivity contribution in [1.29, 1.82) is 0 Å². The molecule has 3 rings (SSSR count). The van der Waals surface area contributed by atoms with Gasteiger partial charge >= 0.3 is 6.03 Å². The van der Waals surface area contributed by atoms with Crippen LogP contribution in [0.5, 0.6) is 0 Å². The van der Waals surface area contributed by atoms with Crippen LogP contribution in [0.3, 0.4) is 0 Å². The van der Waals surface area contributed by atoms with E-state index in [0.29, 0.717) is 13.1 Å². The number of aryl methyl sites for hydroxylation is 1. The lowest BCUT2D eigenvalue weighted by atomic mass is 10.1. The molecule has 21 heavy (non-hydrogen) atoms. The van der Waals surface area contributed by atoms with Crippen molar-refractivity contribution in [2.24, 2.45) is 0 Å². The molecule has 0 spiro atoms. The lowest BCUT2D eigenvalue weighted by Crippen LogP contribution is -2.39. The van der Waals surface area contributed by atoms with Crippen LogP contribution >= 0.6 is 0 Å². The molecule has 0 fully saturated rings. The fourth-order valence-electron chi connectivity index (χ4n) is 2.33. The number of benzene rings is 1. The van der Waals surface area contributed by atoms with Gasteiger partial charge in [-0.1, -0.05) is 17.7 Å². The second-order valence-electron chi connectivity index (χ2n) is 5.17. The Labute approximate surface area is 123 Å². The molecule has 1 aromatic carbocycles. The normalized spacial score (nSPS) is 13.7. The molecule has 108 valence electrons. The maximum Gasteiger partial charge on any atom is 0.322 e. The number of anilines is 2. The van der Waals surface area contributed by atoms with Crippen LogP contribution in [0, 0.1) is 6.92 Å². The zero-order chi connectivity index (χ0) is 14.8. The molecule has 3 N–H and O–H groups in total. The molecule has 1 aliphatic heterocycles. The quantitative estimate of drug-likeness (QED) is 0.838. The summed E-state index contributed by atoms with van der Waals surface area (Å²) in [6.45, 7) is 3.12. The highest BCUT2D eigenvalue weighted by Gasteiger charge is 2.22. The second-order valence-corrected chi connectivity index (χ2v) is 5.17. The predicted octanol–water partition coefficient (Wildman–Crippen LogP) is 1.96. The number of amides is 2. The van der Waals surface area contributed by atoms with E-state index < -0.39 is 0 Å². The molecule has 2 amide bonds. The van der Waals surface area contributed by atoms with Crippen molar-refractivity contribution >= 4 is 17.7 Å². The highest BCUT2D eigenvalue weighted by atomic mass is 16.2. The predicted molar refractivity (Wildman–Crippen MR) is 80.8 cm³/mol. The Morgan fingerprint density at radius 1 is 1.33 bits per heavy atom. The summed E-state index contributed by atoms with van der Waals surface area (Å²) in [6, 6.07) is 7.60. The van der Waals surface area contributed by atoms with Crippen molar-refractivity contribution < 1.29 is 4.79 Å². The van der Waals surface area contributed by atoms with Crippen LogP contribution in [0.2, 0.25) is 0 Å². The molecule has 0 unspecified atom stereocenters. The first-order valence-corrected chi connectivity index (χ1v) is 6.85. The molecule has 0 aliphatic carbocycles. The molecule has 1 aliphatic rings. The van der Waals surface area contributed by atoms with Gasteiger partial charge in [-0.25, -0.2) is 14.8 Å². The van der Waals surface area contributed by atoms with Crippen LogP contribution in [0.4, 0.5) is 16.4 Å². The molecule has 0 bridgehead atoms. The van der Waals surface area contributed by atoms with E-state index in [-0.39, 0.29) is 12.0 Å². The molecule has 2 heterocycles. The largest absolute Gasteiger partial charge is 0.368 e. The number of nitrogens with one attached hydrogen (secondary N) is 1. The lowest BCUT2D eigenvalue weighted by Gasteiger charge is -2.28. The molecule has 6 nitrogen and oxygen atoms in total. The van der Waals surface area contributed by atoms with Crippen LogP contribution in [0.25, 0.3) is 0 Å². The number of nitrogen functional groups attached to an aromatic ring is 1. The topological polar surface area (TPSA) is 84.1 Å². The third-order valence-corrected chi connectivity index (χ3v) is 3.55. The molecular weight excluding hydrogens is 266 g/mol. The lowest BCUT2D eigenvalue weighted by molar-refractivity contribution is 0.205. The fourth-order valence-corrected chi connectivity index (χ4v) is 2.33. The summed E-state index contributed by atoms with van der Waals surface area (Å²) in [6.07, 6.45) is 2.49. The van der Waals surface area contributed by atoms with Crippen LogP contribution in [0.1, 0.15) is 16.8 Å². The number of carbonyl (C=O) groups excluding carboxylic acids is 1. The van der Waals surface area contributed by atoms with Crippen LogP contribution in [-0.4, -0.2) is 27.4 Å². The first kappa shape index (κ1) is 13.4. The highest BCUT2D eigenvalue weighted by molar-refractivity contribution is 5.89. The number of hydrogen-bond donors (Lipinski definition) is 2. The summed E-state index contributed by atoms with van der Waals surface area (Å²) in [5.74, 6) is 0.245. The van der Waals surface area contributed by atoms with Crippen molar-refractivity contribution in [3.63, 3.8) is 0 Å². The Morgan fingerprint density at radius 3 is 2.86 bits per heavy atom. The zero-order valence-electron chi connectivity index (χ0n) is 11.8. The summed E-state index contributed by atoms with van der Waals surface area (Å²) in [7, 11) is 0. The third kappa shape index (κ3) is 2.94. The van der Waals surface area contributed by atoms with Gasteiger partial charge < -0.3 is 16.0 Å².